The predicted molar refractivity (Wildman–Crippen MR) is 294 cm³/mol. The van der Waals surface area contributed by atoms with Crippen molar-refractivity contribution in [3.63, 3.8) is 0 Å². The topological polar surface area (TPSA) is 204 Å². The number of aliphatic hydroxyl groups is 1. The molecule has 1 aliphatic carbocycles. The molecule has 9 rings (SSSR count). The molecule has 3 aromatic heterocycles. The number of fused-ring (bicyclic) bond motifs is 3. The number of carbonyl (C=O) groups excluding carboxylic acids is 3. The Morgan fingerprint density at radius 3 is 2.34 bits per heavy atom. The smallest absolute Gasteiger partial charge is 0.418 e. The molecule has 1 saturated carbocycles. The van der Waals surface area contributed by atoms with Crippen molar-refractivity contribution < 1.29 is 50.6 Å². The Morgan fingerprint density at radius 1 is 1.01 bits per heavy atom. The van der Waals surface area contributed by atoms with E-state index in [9.17, 15) is 32.7 Å². The van der Waals surface area contributed by atoms with Crippen LogP contribution in [-0.4, -0.2) is 135 Å². The number of carbonyl (C=O) groups is 3. The van der Waals surface area contributed by atoms with Crippen LogP contribution in [-0.2, 0) is 27.1 Å². The third-order valence-corrected chi connectivity index (χ3v) is 17.1. The quantitative estimate of drug-likeness (QED) is 0.0366. The molecule has 6 atom stereocenters. The molecule has 5 aromatic rings. The molecule has 3 saturated heterocycles. The molecule has 80 heavy (non-hydrogen) atoms. The molecule has 0 spiro atoms. The summed E-state index contributed by atoms with van der Waals surface area (Å²) in [5.41, 5.74) is 4.68. The van der Waals surface area contributed by atoms with Crippen LogP contribution in [0.3, 0.4) is 0 Å². The number of thiazole rings is 1. The van der Waals surface area contributed by atoms with Gasteiger partial charge in [0.05, 0.1) is 49.4 Å². The SMILES string of the molecule is Cc1cc(N)nc(-c2c(Cl)cc3c(N4CC5CCC(C4)N5)nc(OC[C@]4(CN(C)CCCCCCC(=O)N[C@H](C(=O)N5C[C@H](O)C[C@H]5C(=O)NCc5ccc(-c6scnc6C)cc5)C(C)(C)C)CC4(F)F)nc3c2F)c1C(F)(F)F. The molecule has 24 heteroatoms. The predicted octanol–water partition coefficient (Wildman–Crippen LogP) is 8.86. The molecular formula is C56H68ClF6N11O5S. The second kappa shape index (κ2) is 23.2. The summed E-state index contributed by atoms with van der Waals surface area (Å²) >= 11 is 8.19. The largest absolute Gasteiger partial charge is 0.463 e. The number of pyridine rings is 1. The first-order valence-electron chi connectivity index (χ1n) is 27.0. The van der Waals surface area contributed by atoms with Crippen LogP contribution in [0, 0.1) is 30.5 Å². The number of amides is 3. The van der Waals surface area contributed by atoms with E-state index >= 15 is 13.2 Å². The van der Waals surface area contributed by atoms with E-state index in [4.69, 9.17) is 22.1 Å². The molecule has 3 amide bonds. The number of β-amino-alcohol motifs (C(OH)–C–C–N with tert-alkyl or cyclic N) is 1. The van der Waals surface area contributed by atoms with Gasteiger partial charge in [-0.3, -0.25) is 14.4 Å². The number of alkyl halides is 5. The Kier molecular flexibility index (Phi) is 17.0. The highest BCUT2D eigenvalue weighted by Gasteiger charge is 2.72. The molecule has 432 valence electrons. The maximum atomic E-state index is 17.0. The number of nitrogens with two attached hydrogens (primary N) is 1. The van der Waals surface area contributed by atoms with Gasteiger partial charge < -0.3 is 46.2 Å². The number of ether oxygens (including phenoxy) is 1. The number of nitrogen functional groups attached to an aromatic ring is 1. The van der Waals surface area contributed by atoms with E-state index in [0.717, 1.165) is 40.6 Å². The minimum absolute atomic E-state index is 0.0533. The number of aromatic nitrogens is 4. The number of hydrogen-bond acceptors (Lipinski definition) is 14. The number of piperazine rings is 1. The molecule has 2 bridgehead atoms. The van der Waals surface area contributed by atoms with Gasteiger partial charge in [-0.05, 0) is 87.4 Å². The fourth-order valence-corrected chi connectivity index (χ4v) is 12.6. The standard InChI is InChI=1S/C56H68ClF6N11O5S/c1-30-19-40(64)68-46(43(30)56(61,62)63)42-38(57)21-37-45(44(42)58)70-52(71-49(37)73-23-34-16-17-35(24-73)67-34)79-28-54(26-55(54,59)60)27-72(6)18-10-8-7-9-11-41(76)69-48(53(3,4)5)51(78)74-25-36(75)20-39(74)50(77)65-22-32-12-14-33(15-13-32)47-31(2)66-29-80-47/h12-15,19,21,29,34-36,39,48,67,75H,7-11,16-18,20,22-28H2,1-6H3,(H2,64,68)(H,65,77)(H,69,76)/t34?,35?,36-,39+,48-,54-/m1/s1. The zero-order valence-electron chi connectivity index (χ0n) is 45.6. The number of anilines is 2. The van der Waals surface area contributed by atoms with Crippen molar-refractivity contribution in [3.05, 3.63) is 75.1 Å². The number of benzene rings is 2. The van der Waals surface area contributed by atoms with Gasteiger partial charge in [0.15, 0.2) is 5.82 Å². The van der Waals surface area contributed by atoms with E-state index in [0.29, 0.717) is 45.3 Å². The molecule has 16 nitrogen and oxygen atoms in total. The Bertz CT molecular complexity index is 3110. The van der Waals surface area contributed by atoms with Crippen LogP contribution in [0.1, 0.15) is 101 Å². The number of unbranched alkanes of at least 4 members (excludes halogenated alkanes) is 3. The normalized spacial score (nSPS) is 22.0. The zero-order chi connectivity index (χ0) is 57.6. The average molecular weight is 1160 g/mol. The van der Waals surface area contributed by atoms with E-state index < -0.39 is 100 Å². The van der Waals surface area contributed by atoms with E-state index in [1.807, 2.05) is 56.9 Å². The number of halogens is 7. The third-order valence-electron chi connectivity index (χ3n) is 15.8. The Labute approximate surface area is 469 Å². The van der Waals surface area contributed by atoms with Gasteiger partial charge in [0.1, 0.15) is 35.8 Å². The van der Waals surface area contributed by atoms with Gasteiger partial charge in [-0.25, -0.2) is 23.1 Å². The minimum Gasteiger partial charge on any atom is -0.463 e. The molecule has 4 fully saturated rings. The lowest BCUT2D eigenvalue weighted by Crippen LogP contribution is -2.57. The molecule has 2 aromatic carbocycles. The first-order chi connectivity index (χ1) is 37.7. The molecular weight excluding hydrogens is 1090 g/mol. The van der Waals surface area contributed by atoms with Crippen LogP contribution in [0.4, 0.5) is 38.0 Å². The number of aryl methyl sites for hydroxylation is 2. The molecule has 4 aliphatic rings. The van der Waals surface area contributed by atoms with Crippen LogP contribution in [0.15, 0.2) is 41.9 Å². The van der Waals surface area contributed by atoms with Gasteiger partial charge in [-0.1, -0.05) is 69.5 Å². The van der Waals surface area contributed by atoms with E-state index in [2.05, 4.69) is 35.9 Å². The maximum Gasteiger partial charge on any atom is 0.418 e. The van der Waals surface area contributed by atoms with Crippen molar-refractivity contribution >= 4 is 63.2 Å². The van der Waals surface area contributed by atoms with Crippen LogP contribution >= 0.6 is 22.9 Å². The molecule has 0 radical (unpaired) electrons. The van der Waals surface area contributed by atoms with E-state index in [1.54, 1.807) is 28.8 Å². The van der Waals surface area contributed by atoms with Crippen LogP contribution in [0.25, 0.3) is 32.6 Å². The van der Waals surface area contributed by atoms with Gasteiger partial charge in [0.2, 0.25) is 17.7 Å². The monoisotopic (exact) mass is 1160 g/mol. The second-order valence-corrected chi connectivity index (χ2v) is 24.5. The average Bonchev–Trinajstić information content (AvgIpc) is 4.04. The van der Waals surface area contributed by atoms with Crippen molar-refractivity contribution in [2.45, 2.75) is 141 Å². The fraction of sp³-hybridized carbons (Fsp3) is 0.554. The highest BCUT2D eigenvalue weighted by atomic mass is 35.5. The van der Waals surface area contributed by atoms with Gasteiger partial charge >= 0.3 is 12.2 Å². The Balaban J connectivity index is 0.786. The summed E-state index contributed by atoms with van der Waals surface area (Å²) in [4.78, 5) is 64.3. The highest BCUT2D eigenvalue weighted by molar-refractivity contribution is 7.13. The maximum absolute atomic E-state index is 17.0. The molecule has 2 unspecified atom stereocenters. The number of nitrogens with one attached hydrogen (secondary N) is 3. The van der Waals surface area contributed by atoms with Gasteiger partial charge in [-0.2, -0.15) is 23.1 Å². The Hall–Kier alpha value is -5.88. The van der Waals surface area contributed by atoms with Gasteiger partial charge in [0.25, 0.3) is 5.92 Å². The minimum atomic E-state index is -4.96. The number of nitrogens with zero attached hydrogens (tertiary/aromatic N) is 7. The highest BCUT2D eigenvalue weighted by Crippen LogP contribution is 2.61. The van der Waals surface area contributed by atoms with Crippen LogP contribution < -0.4 is 31.3 Å². The van der Waals surface area contributed by atoms with E-state index in [-0.39, 0.29) is 78.1 Å². The molecule has 3 aliphatic heterocycles. The summed E-state index contributed by atoms with van der Waals surface area (Å²) in [7, 11) is 1.72. The lowest BCUT2D eigenvalue weighted by Gasteiger charge is -2.35. The van der Waals surface area contributed by atoms with Gasteiger partial charge in [0, 0.05) is 69.5 Å². The van der Waals surface area contributed by atoms with Crippen LogP contribution in [0.5, 0.6) is 6.01 Å². The van der Waals surface area contributed by atoms with Gasteiger partial charge in [-0.15, -0.1) is 11.3 Å². The summed E-state index contributed by atoms with van der Waals surface area (Å²) in [6.07, 6.45) is -2.02. The summed E-state index contributed by atoms with van der Waals surface area (Å²) in [5.74, 6) is -5.64. The Morgan fingerprint density at radius 2 is 1.70 bits per heavy atom. The zero-order valence-corrected chi connectivity index (χ0v) is 47.2. The van der Waals surface area contributed by atoms with Crippen molar-refractivity contribution in [1.82, 2.24) is 45.7 Å². The van der Waals surface area contributed by atoms with Crippen molar-refractivity contribution in [3.8, 4) is 27.7 Å². The fourth-order valence-electron chi connectivity index (χ4n) is 11.5. The summed E-state index contributed by atoms with van der Waals surface area (Å²) < 4.78 is 97.3. The first-order valence-corrected chi connectivity index (χ1v) is 28.3. The molecule has 6 heterocycles. The number of rotatable bonds is 20. The summed E-state index contributed by atoms with van der Waals surface area (Å²) in [6.45, 7) is 9.49. The van der Waals surface area contributed by atoms with Crippen molar-refractivity contribution in [2.24, 2.45) is 10.8 Å². The lowest BCUT2D eigenvalue weighted by atomic mass is 9.85. The summed E-state index contributed by atoms with van der Waals surface area (Å²) in [5, 5.41) is 19.7. The second-order valence-electron chi connectivity index (χ2n) is 23.2. The van der Waals surface area contributed by atoms with Crippen molar-refractivity contribution in [1.29, 1.82) is 0 Å². The third kappa shape index (κ3) is 12.8. The lowest BCUT2D eigenvalue weighted by molar-refractivity contribution is -0.144. The number of likely N-dealkylation sites (tertiary alicyclic amines) is 1. The summed E-state index contributed by atoms with van der Waals surface area (Å²) in [6, 6.07) is 7.93. The van der Waals surface area contributed by atoms with Crippen LogP contribution in [0.2, 0.25) is 5.02 Å². The van der Waals surface area contributed by atoms with Crippen molar-refractivity contribution in [2.75, 3.05) is 57.0 Å². The molecule has 6 N–H and O–H groups in total. The number of aliphatic hydroxyl groups excluding tert-OH is 1. The first kappa shape index (κ1) is 58.8. The number of hydrogen-bond donors (Lipinski definition) is 5. The van der Waals surface area contributed by atoms with E-state index in [1.165, 1.54) is 17.9 Å².